The number of rotatable bonds is 7. The molecule has 2 unspecified atom stereocenters. The van der Waals surface area contributed by atoms with Crippen LogP contribution in [0.2, 0.25) is 0 Å². The van der Waals surface area contributed by atoms with Crippen LogP contribution in [0.1, 0.15) is 26.2 Å². The monoisotopic (exact) mass is 438 g/mol. The van der Waals surface area contributed by atoms with E-state index in [0.717, 1.165) is 12.8 Å². The van der Waals surface area contributed by atoms with E-state index in [4.69, 9.17) is 0 Å². The summed E-state index contributed by atoms with van der Waals surface area (Å²) in [6, 6.07) is 19.3. The highest BCUT2D eigenvalue weighted by atomic mass is 32.3. The van der Waals surface area contributed by atoms with Crippen LogP contribution < -0.4 is 0 Å². The van der Waals surface area contributed by atoms with Gasteiger partial charge < -0.3 is 0 Å². The van der Waals surface area contributed by atoms with Crippen molar-refractivity contribution in [1.82, 2.24) is 0 Å². The van der Waals surface area contributed by atoms with E-state index in [1.54, 1.807) is 24.3 Å². The van der Waals surface area contributed by atoms with Gasteiger partial charge in [-0.1, -0.05) is 73.4 Å². The molecule has 0 aliphatic heterocycles. The molecular formula is C26H30O2S2. The molecule has 0 heterocycles. The summed E-state index contributed by atoms with van der Waals surface area (Å²) in [6.07, 6.45) is 14.7. The highest BCUT2D eigenvalue weighted by Gasteiger charge is 2.36. The number of hydrogen-bond acceptors (Lipinski definition) is 2. The molecule has 1 aliphatic rings. The zero-order valence-electron chi connectivity index (χ0n) is 17.7. The largest absolute Gasteiger partial charge is 0.219 e. The Kier molecular flexibility index (Phi) is 7.22. The van der Waals surface area contributed by atoms with Crippen LogP contribution in [0.15, 0.2) is 117 Å². The van der Waals surface area contributed by atoms with Crippen LogP contribution in [-0.4, -0.2) is 19.9 Å². The van der Waals surface area contributed by atoms with Crippen LogP contribution >= 0.6 is 10.0 Å². The fraction of sp³-hybridized carbons (Fsp3) is 0.231. The van der Waals surface area contributed by atoms with E-state index in [1.165, 1.54) is 9.80 Å². The molecule has 0 radical (unpaired) electrons. The SMILES string of the molecule is C=C/C(=C\C=C/C)S(C)(c1ccccc1)C1CC=C(S(=O)(=O)c2ccccc2)CC1. The van der Waals surface area contributed by atoms with Gasteiger partial charge in [0.05, 0.1) is 4.90 Å². The molecule has 3 rings (SSSR count). The van der Waals surface area contributed by atoms with Crippen molar-refractivity contribution in [3.63, 3.8) is 0 Å². The van der Waals surface area contributed by atoms with Crippen molar-refractivity contribution in [3.05, 3.63) is 107 Å². The molecule has 2 nitrogen and oxygen atoms in total. The maximum atomic E-state index is 13.0. The molecule has 4 heteroatoms. The first-order valence-corrected chi connectivity index (χ1v) is 13.8. The lowest BCUT2D eigenvalue weighted by Crippen LogP contribution is -2.23. The summed E-state index contributed by atoms with van der Waals surface area (Å²) in [6.45, 7) is 6.11. The molecule has 0 saturated heterocycles. The molecule has 0 saturated carbocycles. The standard InChI is InChI=1S/C26H30O2S2/c1-4-6-13-22(5-2)29(3,23-14-9-7-10-15-23)24-18-20-26(21-19-24)30(27,28)25-16-11-8-12-17-25/h4-17,20,24H,2,18-19,21H2,1,3H3/b6-4-,22-13+. The topological polar surface area (TPSA) is 34.1 Å². The van der Waals surface area contributed by atoms with E-state index in [9.17, 15) is 8.42 Å². The fourth-order valence-electron chi connectivity index (χ4n) is 4.01. The van der Waals surface area contributed by atoms with Crippen LogP contribution in [-0.2, 0) is 9.84 Å². The van der Waals surface area contributed by atoms with Gasteiger partial charge >= 0.3 is 0 Å². The Labute approximate surface area is 183 Å². The van der Waals surface area contributed by atoms with E-state index in [2.05, 4.69) is 49.3 Å². The molecule has 0 amide bonds. The molecule has 30 heavy (non-hydrogen) atoms. The Balaban J connectivity index is 1.99. The Morgan fingerprint density at radius 1 is 1.00 bits per heavy atom. The minimum absolute atomic E-state index is 0.365. The number of benzene rings is 2. The van der Waals surface area contributed by atoms with Crippen LogP contribution in [0.4, 0.5) is 0 Å². The van der Waals surface area contributed by atoms with E-state index in [0.29, 0.717) is 21.5 Å². The molecule has 0 aromatic heterocycles. The summed E-state index contributed by atoms with van der Waals surface area (Å²) in [4.78, 5) is 3.48. The Morgan fingerprint density at radius 3 is 2.10 bits per heavy atom. The van der Waals surface area contributed by atoms with Gasteiger partial charge in [0.25, 0.3) is 0 Å². The van der Waals surface area contributed by atoms with Gasteiger partial charge in [0.2, 0.25) is 9.84 Å². The smallest absolute Gasteiger partial charge is 0.202 e. The zero-order chi connectivity index (χ0) is 21.6. The van der Waals surface area contributed by atoms with Gasteiger partial charge in [-0.2, -0.15) is 10.0 Å². The van der Waals surface area contributed by atoms with Crippen LogP contribution in [0.3, 0.4) is 0 Å². The summed E-state index contributed by atoms with van der Waals surface area (Å²) in [5.74, 6) is 0. The average Bonchev–Trinajstić information content (AvgIpc) is 2.80. The number of hydrogen-bond donors (Lipinski definition) is 0. The second-order valence-electron chi connectivity index (χ2n) is 7.48. The van der Waals surface area contributed by atoms with Crippen molar-refractivity contribution in [2.24, 2.45) is 0 Å². The Hall–Kier alpha value is -2.30. The minimum Gasteiger partial charge on any atom is -0.219 e. The summed E-state index contributed by atoms with van der Waals surface area (Å²) in [5, 5.41) is 0.365. The highest BCUT2D eigenvalue weighted by molar-refractivity contribution is 8.37. The van der Waals surface area contributed by atoms with Gasteiger partial charge in [-0.3, -0.25) is 0 Å². The summed E-state index contributed by atoms with van der Waals surface area (Å²) in [5.41, 5.74) is 0. The molecule has 1 aliphatic carbocycles. The van der Waals surface area contributed by atoms with E-state index >= 15 is 0 Å². The third kappa shape index (κ3) is 4.40. The van der Waals surface area contributed by atoms with Gasteiger partial charge in [0.15, 0.2) is 0 Å². The van der Waals surface area contributed by atoms with Crippen molar-refractivity contribution in [2.75, 3.05) is 6.26 Å². The first kappa shape index (κ1) is 22.4. The summed E-state index contributed by atoms with van der Waals surface area (Å²) >= 11 is 0. The van der Waals surface area contributed by atoms with E-state index < -0.39 is 19.9 Å². The van der Waals surface area contributed by atoms with Crippen LogP contribution in [0.5, 0.6) is 0 Å². The van der Waals surface area contributed by atoms with Crippen LogP contribution in [0, 0.1) is 0 Å². The first-order valence-electron chi connectivity index (χ1n) is 10.2. The molecule has 0 fully saturated rings. The van der Waals surface area contributed by atoms with Gasteiger partial charge in [-0.15, -0.1) is 0 Å². The van der Waals surface area contributed by atoms with Crippen molar-refractivity contribution >= 4 is 19.9 Å². The first-order chi connectivity index (χ1) is 14.4. The fourth-order valence-corrected chi connectivity index (χ4v) is 9.07. The van der Waals surface area contributed by atoms with Gasteiger partial charge in [-0.05, 0) is 66.5 Å². The molecule has 0 spiro atoms. The highest BCUT2D eigenvalue weighted by Crippen LogP contribution is 2.66. The average molecular weight is 439 g/mol. The molecule has 2 atom stereocenters. The molecular weight excluding hydrogens is 408 g/mol. The van der Waals surface area contributed by atoms with Gasteiger partial charge in [0.1, 0.15) is 0 Å². The van der Waals surface area contributed by atoms with Gasteiger partial charge in [0, 0.05) is 10.2 Å². The Bertz CT molecular complexity index is 1060. The predicted octanol–water partition coefficient (Wildman–Crippen LogP) is 7.04. The number of sulfone groups is 1. The predicted molar refractivity (Wildman–Crippen MR) is 131 cm³/mol. The maximum Gasteiger partial charge on any atom is 0.202 e. The lowest BCUT2D eigenvalue weighted by atomic mass is 10.1. The molecule has 0 N–H and O–H groups in total. The third-order valence-electron chi connectivity index (χ3n) is 5.76. The number of allylic oxidation sites excluding steroid dienone is 6. The molecule has 2 aromatic carbocycles. The van der Waals surface area contributed by atoms with Crippen molar-refractivity contribution < 1.29 is 8.42 Å². The van der Waals surface area contributed by atoms with E-state index in [1.807, 2.05) is 37.3 Å². The van der Waals surface area contributed by atoms with Crippen molar-refractivity contribution in [2.45, 2.75) is 41.2 Å². The quantitative estimate of drug-likeness (QED) is 0.435. The Morgan fingerprint density at radius 2 is 1.60 bits per heavy atom. The van der Waals surface area contributed by atoms with Crippen molar-refractivity contribution in [1.29, 1.82) is 0 Å². The lowest BCUT2D eigenvalue weighted by molar-refractivity contribution is 0.595. The summed E-state index contributed by atoms with van der Waals surface area (Å²) in [7, 11) is -4.77. The van der Waals surface area contributed by atoms with Crippen molar-refractivity contribution in [3.8, 4) is 0 Å². The zero-order valence-corrected chi connectivity index (χ0v) is 19.3. The normalized spacial score (nSPS) is 20.9. The minimum atomic E-state index is -3.41. The maximum absolute atomic E-state index is 13.0. The molecule has 158 valence electrons. The van der Waals surface area contributed by atoms with Crippen LogP contribution in [0.25, 0.3) is 0 Å². The second-order valence-corrected chi connectivity index (χ2v) is 13.1. The second kappa shape index (κ2) is 9.67. The summed E-state index contributed by atoms with van der Waals surface area (Å²) < 4.78 is 26.1. The third-order valence-corrected chi connectivity index (χ3v) is 12.0. The van der Waals surface area contributed by atoms with E-state index in [-0.39, 0.29) is 0 Å². The van der Waals surface area contributed by atoms with Gasteiger partial charge in [-0.25, -0.2) is 8.42 Å². The molecule has 0 bridgehead atoms. The molecule has 2 aromatic rings. The lowest BCUT2D eigenvalue weighted by Gasteiger charge is -2.46.